The standard InChI is InChI=1S/C19H32F3NO2/c1-18(2,3)25-17(24)23-13-9-5-4-6-10-15-11-7-8-12-16(14-15)19(20,21)22/h10,16H,4-9,11-14H2,1-3H3,(H,23,24)/b15-10-. The molecule has 0 heterocycles. The molecular weight excluding hydrogens is 331 g/mol. The van der Waals surface area contributed by atoms with Gasteiger partial charge in [0.2, 0.25) is 0 Å². The van der Waals surface area contributed by atoms with E-state index in [0.29, 0.717) is 13.0 Å². The molecule has 1 rings (SSSR count). The molecular formula is C19H32F3NO2. The number of ether oxygens (including phenoxy) is 1. The molecule has 0 radical (unpaired) electrons. The maximum absolute atomic E-state index is 12.9. The van der Waals surface area contributed by atoms with Crippen molar-refractivity contribution in [2.24, 2.45) is 5.92 Å². The van der Waals surface area contributed by atoms with Crippen LogP contribution in [0.2, 0.25) is 0 Å². The van der Waals surface area contributed by atoms with Gasteiger partial charge in [-0.2, -0.15) is 13.2 Å². The molecule has 0 aromatic carbocycles. The van der Waals surface area contributed by atoms with Crippen molar-refractivity contribution in [3.05, 3.63) is 11.6 Å². The minimum Gasteiger partial charge on any atom is -0.444 e. The summed E-state index contributed by atoms with van der Waals surface area (Å²) in [4.78, 5) is 11.5. The van der Waals surface area contributed by atoms with E-state index in [1.807, 2.05) is 26.8 Å². The minimum atomic E-state index is -4.07. The summed E-state index contributed by atoms with van der Waals surface area (Å²) in [6.07, 6.45) is 3.79. The molecule has 25 heavy (non-hydrogen) atoms. The molecule has 1 fully saturated rings. The Bertz CT molecular complexity index is 439. The SMILES string of the molecule is CC(C)(C)OC(=O)NCCCCC/C=C1/CCCCC(C(F)(F)F)C1. The maximum Gasteiger partial charge on any atom is 0.407 e. The number of nitrogens with one attached hydrogen (secondary N) is 1. The molecule has 146 valence electrons. The monoisotopic (exact) mass is 363 g/mol. The summed E-state index contributed by atoms with van der Waals surface area (Å²) < 4.78 is 43.9. The van der Waals surface area contributed by atoms with Crippen LogP contribution in [0.4, 0.5) is 18.0 Å². The molecule has 1 amide bonds. The number of hydrogen-bond donors (Lipinski definition) is 1. The summed E-state index contributed by atoms with van der Waals surface area (Å²) in [5.41, 5.74) is 0.468. The van der Waals surface area contributed by atoms with E-state index in [9.17, 15) is 18.0 Å². The van der Waals surface area contributed by atoms with Crippen LogP contribution in [0.5, 0.6) is 0 Å². The molecule has 1 aliphatic rings. The van der Waals surface area contributed by atoms with Gasteiger partial charge in [-0.25, -0.2) is 4.79 Å². The molecule has 0 aliphatic heterocycles. The van der Waals surface area contributed by atoms with Gasteiger partial charge >= 0.3 is 12.3 Å². The lowest BCUT2D eigenvalue weighted by atomic mass is 9.96. The van der Waals surface area contributed by atoms with E-state index in [-0.39, 0.29) is 12.8 Å². The fourth-order valence-corrected chi connectivity index (χ4v) is 2.99. The van der Waals surface area contributed by atoms with Crippen LogP contribution in [0.3, 0.4) is 0 Å². The first-order valence-corrected chi connectivity index (χ1v) is 9.29. The van der Waals surface area contributed by atoms with E-state index >= 15 is 0 Å². The van der Waals surface area contributed by atoms with Crippen molar-refractivity contribution in [3.63, 3.8) is 0 Å². The summed E-state index contributed by atoms with van der Waals surface area (Å²) in [6.45, 7) is 6.01. The van der Waals surface area contributed by atoms with Crippen LogP contribution in [0, 0.1) is 5.92 Å². The van der Waals surface area contributed by atoms with E-state index in [1.165, 1.54) is 0 Å². The van der Waals surface area contributed by atoms with Gasteiger partial charge in [0, 0.05) is 6.54 Å². The van der Waals surface area contributed by atoms with Crippen molar-refractivity contribution < 1.29 is 22.7 Å². The number of carbonyl (C=O) groups excluding carboxylic acids is 1. The van der Waals surface area contributed by atoms with Crippen LogP contribution in [-0.4, -0.2) is 24.4 Å². The average molecular weight is 363 g/mol. The third kappa shape index (κ3) is 10.4. The van der Waals surface area contributed by atoms with Crippen LogP contribution in [-0.2, 0) is 4.74 Å². The van der Waals surface area contributed by atoms with Crippen LogP contribution in [0.1, 0.15) is 78.6 Å². The first kappa shape index (κ1) is 21.8. The number of alkyl halides is 3. The normalized spacial score (nSPS) is 21.0. The van der Waals surface area contributed by atoms with E-state index in [1.54, 1.807) is 0 Å². The van der Waals surface area contributed by atoms with E-state index in [4.69, 9.17) is 4.74 Å². The van der Waals surface area contributed by atoms with E-state index < -0.39 is 23.8 Å². The Morgan fingerprint density at radius 1 is 1.20 bits per heavy atom. The molecule has 0 saturated heterocycles. The number of unbranched alkanes of at least 4 members (excludes halogenated alkanes) is 3. The Balaban J connectivity index is 2.19. The van der Waals surface area contributed by atoms with Crippen molar-refractivity contribution in [1.82, 2.24) is 5.32 Å². The highest BCUT2D eigenvalue weighted by Gasteiger charge is 2.39. The molecule has 0 bridgehead atoms. The van der Waals surface area contributed by atoms with Crippen molar-refractivity contribution in [2.45, 2.75) is 90.3 Å². The average Bonchev–Trinajstić information content (AvgIpc) is 2.69. The van der Waals surface area contributed by atoms with Gasteiger partial charge < -0.3 is 10.1 Å². The summed E-state index contributed by atoms with van der Waals surface area (Å²) in [6, 6.07) is 0. The molecule has 3 nitrogen and oxygen atoms in total. The second-order valence-electron chi connectivity index (χ2n) is 7.83. The third-order valence-electron chi connectivity index (χ3n) is 4.25. The van der Waals surface area contributed by atoms with Gasteiger partial charge in [0.25, 0.3) is 0 Å². The number of rotatable bonds is 6. The second-order valence-corrected chi connectivity index (χ2v) is 7.83. The molecule has 1 N–H and O–H groups in total. The first-order valence-electron chi connectivity index (χ1n) is 9.29. The summed E-state index contributed by atoms with van der Waals surface area (Å²) in [5, 5.41) is 2.71. The number of halogens is 3. The molecule has 1 saturated carbocycles. The van der Waals surface area contributed by atoms with Gasteiger partial charge in [-0.05, 0) is 65.7 Å². The van der Waals surface area contributed by atoms with Gasteiger partial charge in [0.15, 0.2) is 0 Å². The van der Waals surface area contributed by atoms with Crippen LogP contribution >= 0.6 is 0 Å². The number of alkyl carbamates (subject to hydrolysis) is 1. The van der Waals surface area contributed by atoms with Gasteiger partial charge in [-0.3, -0.25) is 0 Å². The fraction of sp³-hybridized carbons (Fsp3) is 0.842. The van der Waals surface area contributed by atoms with Crippen LogP contribution in [0.25, 0.3) is 0 Å². The quantitative estimate of drug-likeness (QED) is 0.350. The van der Waals surface area contributed by atoms with E-state index in [2.05, 4.69) is 5.32 Å². The van der Waals surface area contributed by atoms with Gasteiger partial charge in [0.05, 0.1) is 5.92 Å². The third-order valence-corrected chi connectivity index (χ3v) is 4.25. The van der Waals surface area contributed by atoms with E-state index in [0.717, 1.165) is 44.1 Å². The lowest BCUT2D eigenvalue weighted by molar-refractivity contribution is -0.175. The molecule has 1 aliphatic carbocycles. The molecule has 0 aromatic heterocycles. The predicted molar refractivity (Wildman–Crippen MR) is 93.4 cm³/mol. The summed E-state index contributed by atoms with van der Waals surface area (Å²) in [7, 11) is 0. The highest BCUT2D eigenvalue weighted by molar-refractivity contribution is 5.67. The zero-order chi connectivity index (χ0) is 18.9. The van der Waals surface area contributed by atoms with Crippen molar-refractivity contribution in [1.29, 1.82) is 0 Å². The maximum atomic E-state index is 12.9. The Labute approximate surface area is 149 Å². The van der Waals surface area contributed by atoms with Crippen molar-refractivity contribution in [2.75, 3.05) is 6.54 Å². The largest absolute Gasteiger partial charge is 0.444 e. The number of carbonyl (C=O) groups is 1. The summed E-state index contributed by atoms with van der Waals surface area (Å²) in [5.74, 6) is -1.17. The first-order chi connectivity index (χ1) is 11.6. The summed E-state index contributed by atoms with van der Waals surface area (Å²) >= 11 is 0. The van der Waals surface area contributed by atoms with Gasteiger partial charge in [-0.15, -0.1) is 0 Å². The highest BCUT2D eigenvalue weighted by Crippen LogP contribution is 2.38. The zero-order valence-corrected chi connectivity index (χ0v) is 15.7. The Kier molecular flexibility index (Phi) is 8.80. The highest BCUT2D eigenvalue weighted by atomic mass is 19.4. The minimum absolute atomic E-state index is 0.170. The molecule has 1 atom stereocenters. The van der Waals surface area contributed by atoms with Gasteiger partial charge in [0.1, 0.15) is 5.60 Å². The van der Waals surface area contributed by atoms with Crippen LogP contribution < -0.4 is 5.32 Å². The van der Waals surface area contributed by atoms with Crippen molar-refractivity contribution >= 4 is 6.09 Å². The van der Waals surface area contributed by atoms with Gasteiger partial charge in [-0.1, -0.05) is 24.5 Å². The number of hydrogen-bond acceptors (Lipinski definition) is 2. The zero-order valence-electron chi connectivity index (χ0n) is 15.7. The van der Waals surface area contributed by atoms with Crippen LogP contribution in [0.15, 0.2) is 11.6 Å². The molecule has 0 aromatic rings. The smallest absolute Gasteiger partial charge is 0.407 e. The Morgan fingerprint density at radius 3 is 2.56 bits per heavy atom. The fourth-order valence-electron chi connectivity index (χ4n) is 2.99. The number of amides is 1. The lowest BCUT2D eigenvalue weighted by Gasteiger charge is -2.19. The Hall–Kier alpha value is -1.20. The second kappa shape index (κ2) is 10.1. The van der Waals surface area contributed by atoms with Crippen molar-refractivity contribution in [3.8, 4) is 0 Å². The topological polar surface area (TPSA) is 38.3 Å². The number of allylic oxidation sites excluding steroid dienone is 2. The molecule has 6 heteroatoms. The molecule has 1 unspecified atom stereocenters. The lowest BCUT2D eigenvalue weighted by Crippen LogP contribution is -2.32. The Morgan fingerprint density at radius 2 is 1.92 bits per heavy atom. The predicted octanol–water partition coefficient (Wildman–Crippen LogP) is 6.14. The molecule has 0 spiro atoms.